The number of hydrogen-bond donors (Lipinski definition) is 2. The second-order valence-electron chi connectivity index (χ2n) is 6.80. The summed E-state index contributed by atoms with van der Waals surface area (Å²) in [4.78, 5) is 9.47. The van der Waals surface area contributed by atoms with Crippen molar-refractivity contribution in [3.05, 3.63) is 34.9 Å². The Labute approximate surface area is 183 Å². The molecular formula is C19H30ClIN4O2. The Morgan fingerprint density at radius 1 is 1.37 bits per heavy atom. The first kappa shape index (κ1) is 22.7. The maximum absolute atomic E-state index is 9.85. The Morgan fingerprint density at radius 3 is 2.78 bits per heavy atom. The van der Waals surface area contributed by atoms with Crippen molar-refractivity contribution in [1.82, 2.24) is 15.1 Å². The number of aliphatic imine (C=N–C) groups is 1. The number of nitrogens with zero attached hydrogens (tertiary/aromatic N) is 3. The molecule has 1 unspecified atom stereocenters. The number of β-amino-alcohol motifs (C(OH)–C–C–N with tert-alkyl or cyclic N) is 1. The third-order valence-electron chi connectivity index (χ3n) is 4.93. The van der Waals surface area contributed by atoms with Crippen LogP contribution in [0.25, 0.3) is 0 Å². The minimum Gasteiger partial charge on any atom is -0.391 e. The summed E-state index contributed by atoms with van der Waals surface area (Å²) in [5.74, 6) is 0.879. The highest BCUT2D eigenvalue weighted by molar-refractivity contribution is 14.0. The van der Waals surface area contributed by atoms with E-state index in [0.717, 1.165) is 56.8 Å². The molecule has 0 spiro atoms. The lowest BCUT2D eigenvalue weighted by atomic mass is 10.0. The van der Waals surface area contributed by atoms with Crippen molar-refractivity contribution in [2.24, 2.45) is 4.99 Å². The number of aliphatic hydroxyl groups is 1. The molecule has 0 aromatic heterocycles. The summed E-state index contributed by atoms with van der Waals surface area (Å²) >= 11 is 6.23. The molecule has 2 fully saturated rings. The topological polar surface area (TPSA) is 60.3 Å². The first-order valence-electron chi connectivity index (χ1n) is 9.46. The molecule has 1 aromatic carbocycles. The molecule has 152 valence electrons. The molecule has 0 bridgehead atoms. The van der Waals surface area contributed by atoms with Gasteiger partial charge in [0.2, 0.25) is 0 Å². The second kappa shape index (κ2) is 11.4. The van der Waals surface area contributed by atoms with E-state index < -0.39 is 0 Å². The second-order valence-corrected chi connectivity index (χ2v) is 7.24. The minimum atomic E-state index is -0.262. The van der Waals surface area contributed by atoms with E-state index in [1.807, 2.05) is 18.2 Å². The zero-order valence-electron chi connectivity index (χ0n) is 15.8. The predicted molar refractivity (Wildman–Crippen MR) is 120 cm³/mol. The van der Waals surface area contributed by atoms with Gasteiger partial charge < -0.3 is 20.1 Å². The Morgan fingerprint density at radius 2 is 2.15 bits per heavy atom. The van der Waals surface area contributed by atoms with Crippen molar-refractivity contribution in [2.75, 3.05) is 52.5 Å². The first-order valence-corrected chi connectivity index (χ1v) is 9.83. The summed E-state index contributed by atoms with van der Waals surface area (Å²) in [5, 5.41) is 14.0. The van der Waals surface area contributed by atoms with Crippen LogP contribution in [0.3, 0.4) is 0 Å². The van der Waals surface area contributed by atoms with Crippen LogP contribution in [-0.4, -0.2) is 79.5 Å². The molecule has 2 atom stereocenters. The van der Waals surface area contributed by atoms with Gasteiger partial charge in [0.25, 0.3) is 0 Å². The van der Waals surface area contributed by atoms with Crippen molar-refractivity contribution < 1.29 is 9.84 Å². The molecule has 2 heterocycles. The van der Waals surface area contributed by atoms with Crippen molar-refractivity contribution in [1.29, 1.82) is 0 Å². The van der Waals surface area contributed by atoms with E-state index in [2.05, 4.69) is 28.1 Å². The molecule has 0 radical (unpaired) electrons. The van der Waals surface area contributed by atoms with E-state index in [9.17, 15) is 5.11 Å². The van der Waals surface area contributed by atoms with Crippen LogP contribution in [0.15, 0.2) is 29.3 Å². The van der Waals surface area contributed by atoms with Crippen LogP contribution in [-0.2, 0) is 4.74 Å². The van der Waals surface area contributed by atoms with Gasteiger partial charge in [-0.3, -0.25) is 9.89 Å². The number of guanidine groups is 1. The van der Waals surface area contributed by atoms with Gasteiger partial charge in [-0.05, 0) is 31.0 Å². The summed E-state index contributed by atoms with van der Waals surface area (Å²) in [6, 6.07) is 8.22. The number of nitrogens with one attached hydrogen (secondary N) is 1. The zero-order chi connectivity index (χ0) is 18.4. The molecule has 3 rings (SSSR count). The summed E-state index contributed by atoms with van der Waals surface area (Å²) in [7, 11) is 0. The highest BCUT2D eigenvalue weighted by Crippen LogP contribution is 2.25. The molecule has 0 saturated carbocycles. The predicted octanol–water partition coefficient (Wildman–Crippen LogP) is 2.36. The van der Waals surface area contributed by atoms with Gasteiger partial charge in [0.15, 0.2) is 5.96 Å². The molecule has 6 nitrogen and oxygen atoms in total. The van der Waals surface area contributed by atoms with E-state index >= 15 is 0 Å². The summed E-state index contributed by atoms with van der Waals surface area (Å²) < 4.78 is 5.51. The summed E-state index contributed by atoms with van der Waals surface area (Å²) in [6.07, 6.45) is 0.535. The third kappa shape index (κ3) is 6.45. The molecule has 2 N–H and O–H groups in total. The van der Waals surface area contributed by atoms with Crippen LogP contribution in [0.1, 0.15) is 24.9 Å². The molecule has 2 aliphatic heterocycles. The van der Waals surface area contributed by atoms with Gasteiger partial charge in [-0.2, -0.15) is 0 Å². The van der Waals surface area contributed by atoms with Gasteiger partial charge in [0.1, 0.15) is 0 Å². The minimum absolute atomic E-state index is 0. The average molecular weight is 509 g/mol. The van der Waals surface area contributed by atoms with Crippen molar-refractivity contribution >= 4 is 41.5 Å². The molecule has 2 saturated heterocycles. The number of hydrogen-bond acceptors (Lipinski definition) is 4. The molecule has 1 aromatic rings. The Bertz CT molecular complexity index is 613. The molecule has 2 aliphatic rings. The Hall–Kier alpha value is -0.610. The largest absolute Gasteiger partial charge is 0.391 e. The monoisotopic (exact) mass is 508 g/mol. The maximum Gasteiger partial charge on any atom is 0.194 e. The van der Waals surface area contributed by atoms with Crippen LogP contribution in [0.5, 0.6) is 0 Å². The number of rotatable bonds is 5. The maximum atomic E-state index is 9.85. The van der Waals surface area contributed by atoms with Crippen LogP contribution in [0, 0.1) is 0 Å². The fraction of sp³-hybridized carbons (Fsp3) is 0.632. The fourth-order valence-electron chi connectivity index (χ4n) is 3.57. The Balaban J connectivity index is 0.00000261. The zero-order valence-corrected chi connectivity index (χ0v) is 18.9. The van der Waals surface area contributed by atoms with Gasteiger partial charge >= 0.3 is 0 Å². The van der Waals surface area contributed by atoms with E-state index in [1.54, 1.807) is 0 Å². The summed E-state index contributed by atoms with van der Waals surface area (Å²) in [5.41, 5.74) is 1.18. The van der Waals surface area contributed by atoms with Gasteiger partial charge in [-0.15, -0.1) is 24.0 Å². The third-order valence-corrected chi connectivity index (χ3v) is 5.17. The van der Waals surface area contributed by atoms with Crippen molar-refractivity contribution in [2.45, 2.75) is 25.5 Å². The van der Waals surface area contributed by atoms with E-state index in [4.69, 9.17) is 21.3 Å². The smallest absolute Gasteiger partial charge is 0.194 e. The number of benzene rings is 1. The van der Waals surface area contributed by atoms with Crippen LogP contribution in [0.4, 0.5) is 0 Å². The molecule has 0 aliphatic carbocycles. The van der Waals surface area contributed by atoms with Gasteiger partial charge in [0, 0.05) is 37.7 Å². The van der Waals surface area contributed by atoms with E-state index in [0.29, 0.717) is 13.1 Å². The number of halogens is 2. The number of likely N-dealkylation sites (tertiary alicyclic amines) is 1. The van der Waals surface area contributed by atoms with Gasteiger partial charge in [0.05, 0.1) is 31.9 Å². The van der Waals surface area contributed by atoms with Crippen molar-refractivity contribution in [3.8, 4) is 0 Å². The molecular weight excluding hydrogens is 479 g/mol. The number of aliphatic hydroxyl groups excluding tert-OH is 1. The quantitative estimate of drug-likeness (QED) is 0.363. The SMILES string of the molecule is CCNC(=NCC(c1cccc(Cl)c1)N1CCOCC1)N1CC[C@@H](O)C1.I. The molecule has 0 amide bonds. The van der Waals surface area contributed by atoms with Crippen LogP contribution >= 0.6 is 35.6 Å². The lowest BCUT2D eigenvalue weighted by Crippen LogP contribution is -2.43. The molecule has 27 heavy (non-hydrogen) atoms. The van der Waals surface area contributed by atoms with E-state index in [1.165, 1.54) is 5.56 Å². The lowest BCUT2D eigenvalue weighted by Gasteiger charge is -2.34. The Kier molecular flexibility index (Phi) is 9.58. The summed E-state index contributed by atoms with van der Waals surface area (Å²) in [6.45, 7) is 8.30. The fourth-order valence-corrected chi connectivity index (χ4v) is 3.77. The van der Waals surface area contributed by atoms with Crippen LogP contribution < -0.4 is 5.32 Å². The van der Waals surface area contributed by atoms with Gasteiger partial charge in [-0.25, -0.2) is 0 Å². The number of ether oxygens (including phenoxy) is 1. The van der Waals surface area contributed by atoms with Gasteiger partial charge in [-0.1, -0.05) is 23.7 Å². The lowest BCUT2D eigenvalue weighted by molar-refractivity contribution is 0.0179. The normalized spacial score (nSPS) is 22.4. The standard InChI is InChI=1S/C19H29ClN4O2.HI/c1-2-21-19(24-7-6-17(25)14-24)22-13-18(23-8-10-26-11-9-23)15-4-3-5-16(20)12-15;/h3-5,12,17-18,25H,2,6-11,13-14H2,1H3,(H,21,22);1H/t17-,18?;/m1./s1. The van der Waals surface area contributed by atoms with E-state index in [-0.39, 0.29) is 36.1 Å². The highest BCUT2D eigenvalue weighted by Gasteiger charge is 2.25. The molecule has 8 heteroatoms. The highest BCUT2D eigenvalue weighted by atomic mass is 127. The average Bonchev–Trinajstić information content (AvgIpc) is 3.08. The first-order chi connectivity index (χ1) is 12.7. The number of morpholine rings is 1. The van der Waals surface area contributed by atoms with Crippen molar-refractivity contribution in [3.63, 3.8) is 0 Å². The van der Waals surface area contributed by atoms with Crippen LogP contribution in [0.2, 0.25) is 5.02 Å².